The van der Waals surface area contributed by atoms with Crippen LogP contribution in [0.15, 0.2) is 67.0 Å². The second-order valence-electron chi connectivity index (χ2n) is 6.06. The summed E-state index contributed by atoms with van der Waals surface area (Å²) in [6.45, 7) is 0. The Kier molecular flexibility index (Phi) is 4.63. The fraction of sp³-hybridized carbons (Fsp3) is 0.0500. The number of carbonyl (C=O) groups is 1. The first-order chi connectivity index (χ1) is 13.9. The van der Waals surface area contributed by atoms with Gasteiger partial charge in [0.25, 0.3) is 5.91 Å². The minimum atomic E-state index is -4.46. The third kappa shape index (κ3) is 3.88. The Morgan fingerprint density at radius 3 is 2.59 bits per heavy atom. The van der Waals surface area contributed by atoms with Crippen molar-refractivity contribution in [2.24, 2.45) is 0 Å². The van der Waals surface area contributed by atoms with Gasteiger partial charge in [-0.15, -0.1) is 5.10 Å². The lowest BCUT2D eigenvalue weighted by atomic mass is 10.0. The average molecular weight is 395 g/mol. The van der Waals surface area contributed by atoms with Crippen LogP contribution in [0.3, 0.4) is 0 Å². The minimum absolute atomic E-state index is 0.0735. The van der Waals surface area contributed by atoms with E-state index in [0.717, 1.165) is 12.1 Å². The molecule has 0 saturated carbocycles. The van der Waals surface area contributed by atoms with Crippen LogP contribution in [-0.4, -0.2) is 26.1 Å². The Labute approximate surface area is 162 Å². The highest BCUT2D eigenvalue weighted by molar-refractivity contribution is 6.04. The predicted octanol–water partition coefficient (Wildman–Crippen LogP) is 4.36. The summed E-state index contributed by atoms with van der Waals surface area (Å²) in [5.74, 6) is -0.269. The van der Waals surface area contributed by atoms with E-state index in [0.29, 0.717) is 22.2 Å². The number of alkyl halides is 3. The van der Waals surface area contributed by atoms with Gasteiger partial charge in [-0.3, -0.25) is 9.78 Å². The Hall–Kier alpha value is -3.88. The first-order valence-electron chi connectivity index (χ1n) is 8.44. The van der Waals surface area contributed by atoms with Gasteiger partial charge in [0.2, 0.25) is 0 Å². The number of amides is 1. The van der Waals surface area contributed by atoms with Gasteiger partial charge in [0, 0.05) is 18.0 Å². The SMILES string of the molecule is O=C(Nc1cccnn1)c1ccc2nccc(-c3cccc(C(F)(F)F)c3)c2n1. The summed E-state index contributed by atoms with van der Waals surface area (Å²) in [6.07, 6.45) is -1.51. The van der Waals surface area contributed by atoms with Crippen molar-refractivity contribution in [2.45, 2.75) is 6.18 Å². The molecule has 0 saturated heterocycles. The largest absolute Gasteiger partial charge is 0.416 e. The van der Waals surface area contributed by atoms with Gasteiger partial charge in [0.15, 0.2) is 5.82 Å². The summed E-state index contributed by atoms with van der Waals surface area (Å²) >= 11 is 0. The molecule has 29 heavy (non-hydrogen) atoms. The Morgan fingerprint density at radius 1 is 0.966 bits per heavy atom. The lowest BCUT2D eigenvalue weighted by Crippen LogP contribution is -2.15. The van der Waals surface area contributed by atoms with E-state index in [2.05, 4.69) is 25.5 Å². The molecule has 0 aliphatic heterocycles. The van der Waals surface area contributed by atoms with Gasteiger partial charge in [0.1, 0.15) is 5.69 Å². The highest BCUT2D eigenvalue weighted by Crippen LogP contribution is 2.33. The second-order valence-corrected chi connectivity index (χ2v) is 6.06. The average Bonchev–Trinajstić information content (AvgIpc) is 2.73. The number of aromatic nitrogens is 4. The molecule has 1 amide bonds. The number of anilines is 1. The van der Waals surface area contributed by atoms with Gasteiger partial charge < -0.3 is 5.32 Å². The number of hydrogen-bond acceptors (Lipinski definition) is 5. The molecule has 3 aromatic heterocycles. The van der Waals surface area contributed by atoms with Crippen LogP contribution in [0.1, 0.15) is 16.1 Å². The molecule has 0 fully saturated rings. The van der Waals surface area contributed by atoms with Crippen molar-refractivity contribution in [2.75, 3.05) is 5.32 Å². The van der Waals surface area contributed by atoms with E-state index in [1.54, 1.807) is 30.3 Å². The monoisotopic (exact) mass is 395 g/mol. The van der Waals surface area contributed by atoms with Crippen LogP contribution in [0.2, 0.25) is 0 Å². The molecular weight excluding hydrogens is 383 g/mol. The van der Waals surface area contributed by atoms with E-state index >= 15 is 0 Å². The quantitative estimate of drug-likeness (QED) is 0.558. The molecule has 0 spiro atoms. The van der Waals surface area contributed by atoms with Crippen LogP contribution >= 0.6 is 0 Å². The second kappa shape index (κ2) is 7.27. The molecule has 6 nitrogen and oxygen atoms in total. The third-order valence-corrected chi connectivity index (χ3v) is 4.13. The molecule has 4 rings (SSSR count). The maximum absolute atomic E-state index is 13.1. The lowest BCUT2D eigenvalue weighted by molar-refractivity contribution is -0.137. The van der Waals surface area contributed by atoms with E-state index in [4.69, 9.17) is 0 Å². The summed E-state index contributed by atoms with van der Waals surface area (Å²) in [4.78, 5) is 21.0. The maximum Gasteiger partial charge on any atom is 0.416 e. The van der Waals surface area contributed by atoms with Gasteiger partial charge in [-0.1, -0.05) is 12.1 Å². The fourth-order valence-electron chi connectivity index (χ4n) is 2.80. The van der Waals surface area contributed by atoms with Crippen molar-refractivity contribution >= 4 is 22.8 Å². The number of halogens is 3. The van der Waals surface area contributed by atoms with E-state index < -0.39 is 17.6 Å². The van der Waals surface area contributed by atoms with Crippen LogP contribution in [0.25, 0.3) is 22.2 Å². The van der Waals surface area contributed by atoms with Gasteiger partial charge in [0.05, 0.1) is 16.6 Å². The maximum atomic E-state index is 13.1. The van der Waals surface area contributed by atoms with Crippen LogP contribution < -0.4 is 5.32 Å². The van der Waals surface area contributed by atoms with Crippen LogP contribution in [0.4, 0.5) is 19.0 Å². The van der Waals surface area contributed by atoms with Crippen molar-refractivity contribution < 1.29 is 18.0 Å². The number of carbonyl (C=O) groups excluding carboxylic acids is 1. The van der Waals surface area contributed by atoms with Crippen LogP contribution in [-0.2, 0) is 6.18 Å². The molecule has 9 heteroatoms. The highest BCUT2D eigenvalue weighted by atomic mass is 19.4. The number of fused-ring (bicyclic) bond motifs is 1. The van der Waals surface area contributed by atoms with Crippen LogP contribution in [0.5, 0.6) is 0 Å². The van der Waals surface area contributed by atoms with Crippen molar-refractivity contribution in [1.29, 1.82) is 0 Å². The number of pyridine rings is 2. The van der Waals surface area contributed by atoms with Crippen molar-refractivity contribution in [3.8, 4) is 11.1 Å². The summed E-state index contributed by atoms with van der Waals surface area (Å²) in [6, 6.07) is 12.8. The topological polar surface area (TPSA) is 80.7 Å². The molecule has 0 atom stereocenters. The molecule has 1 aromatic carbocycles. The molecule has 1 N–H and O–H groups in total. The molecule has 144 valence electrons. The summed E-state index contributed by atoms with van der Waals surface area (Å²) in [7, 11) is 0. The number of benzene rings is 1. The number of nitrogens with zero attached hydrogens (tertiary/aromatic N) is 4. The zero-order chi connectivity index (χ0) is 20.4. The lowest BCUT2D eigenvalue weighted by Gasteiger charge is -2.11. The molecule has 0 aliphatic carbocycles. The standard InChI is InChI=1S/C20H12F3N5O/c21-20(22,23)13-4-1-3-12(11-13)14-8-10-24-15-6-7-16(26-18(14)15)19(29)27-17-5-2-9-25-28-17/h1-11H,(H,27,28,29). The molecule has 0 unspecified atom stereocenters. The summed E-state index contributed by atoms with van der Waals surface area (Å²) in [5, 5.41) is 10.0. The number of hydrogen-bond donors (Lipinski definition) is 1. The van der Waals surface area contributed by atoms with E-state index in [1.807, 2.05) is 0 Å². The smallest absolute Gasteiger partial charge is 0.304 e. The van der Waals surface area contributed by atoms with Gasteiger partial charge in [-0.2, -0.15) is 18.3 Å². The molecule has 4 aromatic rings. The number of rotatable bonds is 3. The Bertz CT molecular complexity index is 1200. The van der Waals surface area contributed by atoms with E-state index in [9.17, 15) is 18.0 Å². The molecule has 0 radical (unpaired) electrons. The molecule has 3 heterocycles. The Morgan fingerprint density at radius 2 is 1.83 bits per heavy atom. The highest BCUT2D eigenvalue weighted by Gasteiger charge is 2.30. The fourth-order valence-corrected chi connectivity index (χ4v) is 2.80. The van der Waals surface area contributed by atoms with Gasteiger partial charge >= 0.3 is 6.18 Å². The van der Waals surface area contributed by atoms with Crippen molar-refractivity contribution in [3.05, 3.63) is 78.2 Å². The van der Waals surface area contributed by atoms with E-state index in [-0.39, 0.29) is 11.5 Å². The molecule has 0 aliphatic rings. The molecular formula is C20H12F3N5O. The van der Waals surface area contributed by atoms with Crippen molar-refractivity contribution in [3.63, 3.8) is 0 Å². The van der Waals surface area contributed by atoms with E-state index in [1.165, 1.54) is 24.5 Å². The first kappa shape index (κ1) is 18.5. The number of nitrogens with one attached hydrogen (secondary N) is 1. The zero-order valence-electron chi connectivity index (χ0n) is 14.7. The molecule has 0 bridgehead atoms. The predicted molar refractivity (Wildman–Crippen MR) is 100.0 cm³/mol. The van der Waals surface area contributed by atoms with Gasteiger partial charge in [-0.25, -0.2) is 4.98 Å². The first-order valence-corrected chi connectivity index (χ1v) is 8.44. The van der Waals surface area contributed by atoms with Crippen molar-refractivity contribution in [1.82, 2.24) is 20.2 Å². The normalized spacial score (nSPS) is 11.4. The summed E-state index contributed by atoms with van der Waals surface area (Å²) in [5.41, 5.74) is 0.844. The zero-order valence-corrected chi connectivity index (χ0v) is 14.7. The minimum Gasteiger partial charge on any atom is -0.304 e. The third-order valence-electron chi connectivity index (χ3n) is 4.13. The van der Waals surface area contributed by atoms with Crippen LogP contribution in [0, 0.1) is 0 Å². The van der Waals surface area contributed by atoms with Gasteiger partial charge in [-0.05, 0) is 48.0 Å². The summed E-state index contributed by atoms with van der Waals surface area (Å²) < 4.78 is 39.2. The Balaban J connectivity index is 1.76.